The van der Waals surface area contributed by atoms with Crippen molar-refractivity contribution in [1.29, 1.82) is 5.26 Å². The number of likely N-dealkylation sites (N-methyl/N-ethyl adjacent to an activating group) is 1. The van der Waals surface area contributed by atoms with Crippen molar-refractivity contribution in [2.45, 2.75) is 42.8 Å². The van der Waals surface area contributed by atoms with Crippen LogP contribution in [0, 0.1) is 11.3 Å². The van der Waals surface area contributed by atoms with Gasteiger partial charge in [-0.05, 0) is 25.2 Å². The topological polar surface area (TPSA) is 218 Å². The largest absolute Gasteiger partial charge is 0.498 e. The fraction of sp³-hybridized carbons (Fsp3) is 0.444. The Morgan fingerprint density at radius 3 is 2.63 bits per heavy atom. The highest BCUT2D eigenvalue weighted by molar-refractivity contribution is 7.54. The van der Waals surface area contributed by atoms with Crippen LogP contribution in [-0.4, -0.2) is 91.7 Å². The van der Waals surface area contributed by atoms with Crippen LogP contribution in [0.3, 0.4) is 0 Å². The number of rotatable bonds is 11. The third-order valence-electron chi connectivity index (χ3n) is 8.07. The van der Waals surface area contributed by atoms with Crippen molar-refractivity contribution < 1.29 is 42.2 Å². The smallest absolute Gasteiger partial charge is 0.421 e. The lowest BCUT2D eigenvalue weighted by Crippen LogP contribution is -2.74. The molecule has 0 fully saturated rings. The molecule has 4 unspecified atom stereocenters. The number of carbonyl (C=O) groups excluding carboxylic acids is 1. The summed E-state index contributed by atoms with van der Waals surface area (Å²) in [7, 11) is -2.65. The first-order valence-corrected chi connectivity index (χ1v) is 15.5. The van der Waals surface area contributed by atoms with Crippen LogP contribution in [-0.2, 0) is 20.3 Å². The van der Waals surface area contributed by atoms with Gasteiger partial charge in [-0.1, -0.05) is 11.6 Å². The molecule has 2 aliphatic rings. The first-order valence-electron chi connectivity index (χ1n) is 13.9. The zero-order chi connectivity index (χ0) is 34.0. The van der Waals surface area contributed by atoms with Gasteiger partial charge >= 0.3 is 13.8 Å². The van der Waals surface area contributed by atoms with Gasteiger partial charge in [-0.15, -0.1) is 0 Å². The van der Waals surface area contributed by atoms with Gasteiger partial charge in [0.05, 0.1) is 19.9 Å². The zero-order valence-electron chi connectivity index (χ0n) is 25.0. The Kier molecular flexibility index (Phi) is 9.67. The Bertz CT molecular complexity index is 1640. The normalized spacial score (nSPS) is 26.4. The fourth-order valence-corrected chi connectivity index (χ4v) is 6.88. The monoisotopic (exact) mass is 668 g/mol. The third-order valence-corrected chi connectivity index (χ3v) is 9.58. The minimum atomic E-state index is -5.15. The number of anilines is 2. The van der Waals surface area contributed by atoms with Crippen LogP contribution in [0.15, 0.2) is 54.2 Å². The molecule has 2 aromatic heterocycles. The molecule has 0 spiro atoms. The van der Waals surface area contributed by atoms with Gasteiger partial charge in [-0.2, -0.15) is 28.5 Å². The van der Waals surface area contributed by atoms with Crippen LogP contribution < -0.4 is 20.4 Å². The van der Waals surface area contributed by atoms with Gasteiger partial charge in [0.15, 0.2) is 5.69 Å². The van der Waals surface area contributed by atoms with E-state index in [4.69, 9.17) is 4.74 Å². The standard InChI is InChI=1S/C27H33F3N9O6P/c1-17-6-8-26(46(42,43)44,20(12-17)45-3)38-24-33-15-19(27(28,29)30)22(36-24)37-25(16-31)7-4-9-39(10-5-11-40,18-13-34-35-14-18)21(25)23(41)32-2/h4,6-7,12-15,21,40H,5,8-11H2,1-3H3,(H5-,32,33,34,35,36,37,38,41,42,43,44)/p+1. The second kappa shape index (κ2) is 12.9. The van der Waals surface area contributed by atoms with Crippen LogP contribution in [0.5, 0.6) is 0 Å². The number of quaternary nitrogens is 1. The van der Waals surface area contributed by atoms with Crippen molar-refractivity contribution >= 4 is 31.0 Å². The van der Waals surface area contributed by atoms with Crippen molar-refractivity contribution in [3.05, 3.63) is 59.8 Å². The minimum Gasteiger partial charge on any atom is -0.498 e. The predicted molar refractivity (Wildman–Crippen MR) is 160 cm³/mol. The van der Waals surface area contributed by atoms with E-state index < -0.39 is 53.9 Å². The fourth-order valence-electron chi connectivity index (χ4n) is 5.86. The number of ether oxygens (including phenoxy) is 1. The van der Waals surface area contributed by atoms with E-state index in [9.17, 15) is 42.7 Å². The van der Waals surface area contributed by atoms with E-state index in [1.807, 2.05) is 6.07 Å². The maximum Gasteiger partial charge on any atom is 0.421 e. The second-order valence-electron chi connectivity index (χ2n) is 10.8. The van der Waals surface area contributed by atoms with Gasteiger partial charge in [0.1, 0.15) is 36.0 Å². The summed E-state index contributed by atoms with van der Waals surface area (Å²) in [5.74, 6) is -2.48. The highest BCUT2D eigenvalue weighted by Gasteiger charge is 2.59. The molecule has 0 aromatic carbocycles. The zero-order valence-corrected chi connectivity index (χ0v) is 25.9. The summed E-state index contributed by atoms with van der Waals surface area (Å²) in [5.41, 5.74) is -2.54. The summed E-state index contributed by atoms with van der Waals surface area (Å²) in [4.78, 5) is 42.1. The Morgan fingerprint density at radius 1 is 1.33 bits per heavy atom. The molecule has 7 N–H and O–H groups in total. The number of aromatic nitrogens is 4. The molecule has 46 heavy (non-hydrogen) atoms. The van der Waals surface area contributed by atoms with E-state index in [0.29, 0.717) is 17.5 Å². The van der Waals surface area contributed by atoms with Gasteiger partial charge in [0.25, 0.3) is 5.91 Å². The number of aliphatic hydroxyl groups is 1. The van der Waals surface area contributed by atoms with Gasteiger partial charge in [0.2, 0.25) is 22.8 Å². The van der Waals surface area contributed by atoms with E-state index in [-0.39, 0.29) is 42.8 Å². The van der Waals surface area contributed by atoms with Gasteiger partial charge in [-0.3, -0.25) is 18.9 Å². The third kappa shape index (κ3) is 6.11. The molecule has 2 aromatic rings. The number of methoxy groups -OCH3 is 1. The molecule has 248 valence electrons. The Morgan fingerprint density at radius 2 is 2.07 bits per heavy atom. The van der Waals surface area contributed by atoms with E-state index in [2.05, 4.69) is 36.1 Å². The molecule has 4 rings (SSSR count). The molecule has 1 amide bonds. The quantitative estimate of drug-likeness (QED) is 0.104. The van der Waals surface area contributed by atoms with Gasteiger partial charge < -0.3 is 35.6 Å². The SMILES string of the molecule is CNC(=O)C1C(C#N)(Nc2nc(NC3(P(=O)(O)O)CC=C(C)C=C3OC)ncc2C(F)(F)F)C=CC[N+]1(CCCO)c1cn[nH]c1. The number of amides is 1. The number of H-pyrrole nitrogens is 1. The van der Waals surface area contributed by atoms with Crippen molar-refractivity contribution in [3.8, 4) is 6.07 Å². The number of allylic oxidation sites excluding steroid dienone is 2. The Labute approximate surface area is 261 Å². The average molecular weight is 669 g/mol. The van der Waals surface area contributed by atoms with Gasteiger partial charge in [0, 0.05) is 32.7 Å². The number of aliphatic hydroxyl groups excluding tert-OH is 1. The first-order chi connectivity index (χ1) is 21.6. The average Bonchev–Trinajstić information content (AvgIpc) is 3.55. The van der Waals surface area contributed by atoms with Crippen LogP contribution in [0.4, 0.5) is 30.6 Å². The van der Waals surface area contributed by atoms with E-state index >= 15 is 0 Å². The van der Waals surface area contributed by atoms with E-state index in [1.54, 1.807) is 6.92 Å². The Balaban J connectivity index is 1.91. The summed E-state index contributed by atoms with van der Waals surface area (Å²) in [6, 6.07) is 0.535. The summed E-state index contributed by atoms with van der Waals surface area (Å²) >= 11 is 0. The van der Waals surface area contributed by atoms with Crippen LogP contribution in [0.1, 0.15) is 25.3 Å². The summed E-state index contributed by atoms with van der Waals surface area (Å²) in [6.07, 6.45) is 3.77. The number of hydrogen-bond donors (Lipinski definition) is 7. The molecule has 0 saturated carbocycles. The molecule has 0 bridgehead atoms. The predicted octanol–water partition coefficient (Wildman–Crippen LogP) is 2.13. The van der Waals surface area contributed by atoms with Crippen molar-refractivity contribution in [3.63, 3.8) is 0 Å². The molecule has 4 atom stereocenters. The number of nitrogens with one attached hydrogen (secondary N) is 4. The number of alkyl halides is 3. The van der Waals surface area contributed by atoms with Gasteiger partial charge in [-0.25, -0.2) is 4.98 Å². The van der Waals surface area contributed by atoms with Crippen molar-refractivity contribution in [2.75, 3.05) is 44.5 Å². The summed E-state index contributed by atoms with van der Waals surface area (Å²) in [6.45, 7) is 1.61. The molecule has 15 nitrogen and oxygen atoms in total. The second-order valence-corrected chi connectivity index (χ2v) is 12.7. The molecular weight excluding hydrogens is 634 g/mol. The molecule has 1 aliphatic carbocycles. The van der Waals surface area contributed by atoms with E-state index in [1.165, 1.54) is 50.9 Å². The molecule has 1 aliphatic heterocycles. The number of nitriles is 1. The number of carbonyl (C=O) groups is 1. The van der Waals surface area contributed by atoms with Crippen molar-refractivity contribution in [2.24, 2.45) is 0 Å². The maximum atomic E-state index is 14.4. The lowest BCUT2D eigenvalue weighted by Gasteiger charge is -2.49. The van der Waals surface area contributed by atoms with E-state index in [0.717, 1.165) is 0 Å². The summed E-state index contributed by atoms with van der Waals surface area (Å²) in [5, 5.41) is 32.2. The number of nitrogens with zero attached hydrogens (tertiary/aromatic N) is 5. The highest BCUT2D eigenvalue weighted by Crippen LogP contribution is 2.58. The first kappa shape index (κ1) is 34.6. The minimum absolute atomic E-state index is 0.0934. The number of halogens is 3. The molecule has 19 heteroatoms. The highest BCUT2D eigenvalue weighted by atomic mass is 31.2. The lowest BCUT2D eigenvalue weighted by molar-refractivity contribution is -0.137. The molecule has 3 heterocycles. The number of aromatic amines is 1. The van der Waals surface area contributed by atoms with Crippen LogP contribution in [0.2, 0.25) is 0 Å². The number of hydrogen-bond acceptors (Lipinski definition) is 10. The van der Waals surface area contributed by atoms with Crippen LogP contribution >= 0.6 is 7.60 Å². The molecule has 0 radical (unpaired) electrons. The molecule has 0 saturated heterocycles. The maximum absolute atomic E-state index is 14.4. The molecular formula is C27H34F3N9O6P+. The van der Waals surface area contributed by atoms with Crippen molar-refractivity contribution in [1.82, 2.24) is 30.0 Å². The van der Waals surface area contributed by atoms with Crippen LogP contribution in [0.25, 0.3) is 0 Å². The summed E-state index contributed by atoms with van der Waals surface area (Å²) < 4.78 is 61.0. The Hall–Kier alpha value is -4.27. The lowest BCUT2D eigenvalue weighted by atomic mass is 9.82.